The van der Waals surface area contributed by atoms with Crippen molar-refractivity contribution in [3.8, 4) is 0 Å². The first-order valence-corrected chi connectivity index (χ1v) is 9.77. The summed E-state index contributed by atoms with van der Waals surface area (Å²) in [6.45, 7) is 5.89. The largest absolute Gasteiger partial charge is 0.399 e. The zero-order chi connectivity index (χ0) is 22.1. The van der Waals surface area contributed by atoms with Crippen LogP contribution in [0.1, 0.15) is 25.6 Å². The molecule has 0 saturated heterocycles. The molecule has 3 heterocycles. The molecular weight excluding hydrogens is 396 g/mol. The van der Waals surface area contributed by atoms with E-state index in [1.165, 1.54) is 6.33 Å². The lowest BCUT2D eigenvalue weighted by Gasteiger charge is -2.12. The van der Waals surface area contributed by atoms with Crippen LogP contribution < -0.4 is 22.1 Å². The molecule has 0 spiro atoms. The monoisotopic (exact) mass is 420 g/mol. The summed E-state index contributed by atoms with van der Waals surface area (Å²) >= 11 is 0. The summed E-state index contributed by atoms with van der Waals surface area (Å²) in [5.74, 6) is 0.925. The molecule has 1 amide bonds. The third kappa shape index (κ3) is 4.25. The van der Waals surface area contributed by atoms with Gasteiger partial charge >= 0.3 is 0 Å². The number of fused-ring (bicyclic) bond motifs is 1. The molecule has 0 fully saturated rings. The van der Waals surface area contributed by atoms with E-state index in [1.807, 2.05) is 39.0 Å². The summed E-state index contributed by atoms with van der Waals surface area (Å²) in [6, 6.07) is 9.15. The maximum absolute atomic E-state index is 12.7. The van der Waals surface area contributed by atoms with Crippen LogP contribution in [0.25, 0.3) is 11.2 Å². The number of nitrogens with one attached hydrogen (secondary N) is 2. The minimum absolute atomic E-state index is 0.0105. The normalized spacial score (nSPS) is 11.2. The van der Waals surface area contributed by atoms with E-state index in [0.29, 0.717) is 28.5 Å². The molecule has 0 aliphatic rings. The molecule has 0 unspecified atom stereocenters. The number of nitrogens with zero attached hydrogens (tertiary/aromatic N) is 6. The van der Waals surface area contributed by atoms with Gasteiger partial charge in [-0.15, -0.1) is 0 Å². The van der Waals surface area contributed by atoms with Gasteiger partial charge in [-0.2, -0.15) is 15.1 Å². The lowest BCUT2D eigenvalue weighted by Crippen LogP contribution is -2.21. The van der Waals surface area contributed by atoms with Crippen molar-refractivity contribution in [2.24, 2.45) is 0 Å². The quantitative estimate of drug-likeness (QED) is 0.347. The number of nitrogens with two attached hydrogens (primary N) is 2. The van der Waals surface area contributed by atoms with Gasteiger partial charge < -0.3 is 26.7 Å². The van der Waals surface area contributed by atoms with Gasteiger partial charge in [0.05, 0.1) is 12.0 Å². The molecule has 6 N–H and O–H groups in total. The molecule has 31 heavy (non-hydrogen) atoms. The smallest absolute Gasteiger partial charge is 0.245 e. The van der Waals surface area contributed by atoms with Crippen molar-refractivity contribution in [3.05, 3.63) is 42.4 Å². The molecule has 0 bridgehead atoms. The molecule has 0 atom stereocenters. The summed E-state index contributed by atoms with van der Waals surface area (Å²) in [7, 11) is 0. The number of carbonyl (C=O) groups is 1. The predicted molar refractivity (Wildman–Crippen MR) is 120 cm³/mol. The number of hydrogen-bond donors (Lipinski definition) is 4. The van der Waals surface area contributed by atoms with E-state index in [4.69, 9.17) is 11.5 Å². The Morgan fingerprint density at radius 1 is 1.16 bits per heavy atom. The van der Waals surface area contributed by atoms with E-state index < -0.39 is 0 Å². The van der Waals surface area contributed by atoms with E-state index in [0.717, 1.165) is 11.4 Å². The number of imidazole rings is 1. The second kappa shape index (κ2) is 7.94. The van der Waals surface area contributed by atoms with Crippen LogP contribution in [-0.2, 0) is 11.3 Å². The fourth-order valence-electron chi connectivity index (χ4n) is 3.21. The summed E-state index contributed by atoms with van der Waals surface area (Å²) in [6.07, 6.45) is 1.54. The fourth-order valence-corrected chi connectivity index (χ4v) is 3.21. The first-order valence-electron chi connectivity index (χ1n) is 9.77. The third-order valence-corrected chi connectivity index (χ3v) is 4.58. The number of carbonyl (C=O) groups excluding carboxylic acids is 1. The van der Waals surface area contributed by atoms with Crippen LogP contribution in [0.15, 0.2) is 36.7 Å². The van der Waals surface area contributed by atoms with Gasteiger partial charge in [-0.05, 0) is 45.0 Å². The van der Waals surface area contributed by atoms with Crippen LogP contribution in [0.3, 0.4) is 0 Å². The van der Waals surface area contributed by atoms with Crippen molar-refractivity contribution in [2.45, 2.75) is 33.4 Å². The van der Waals surface area contributed by atoms with Crippen LogP contribution in [0, 0.1) is 6.92 Å². The van der Waals surface area contributed by atoms with Crippen molar-refractivity contribution in [1.29, 1.82) is 0 Å². The lowest BCUT2D eigenvalue weighted by molar-refractivity contribution is -0.116. The van der Waals surface area contributed by atoms with Crippen LogP contribution in [0.5, 0.6) is 0 Å². The summed E-state index contributed by atoms with van der Waals surface area (Å²) in [5.41, 5.74) is 14.9. The topological polar surface area (TPSA) is 155 Å². The van der Waals surface area contributed by atoms with E-state index in [9.17, 15) is 4.79 Å². The van der Waals surface area contributed by atoms with Crippen molar-refractivity contribution in [1.82, 2.24) is 29.3 Å². The first-order chi connectivity index (χ1) is 14.8. The molecule has 11 heteroatoms. The highest BCUT2D eigenvalue weighted by molar-refractivity contribution is 5.92. The van der Waals surface area contributed by atoms with Crippen molar-refractivity contribution in [2.75, 3.05) is 22.1 Å². The molecule has 0 aliphatic heterocycles. The maximum atomic E-state index is 12.7. The Morgan fingerprint density at radius 3 is 2.61 bits per heavy atom. The van der Waals surface area contributed by atoms with Gasteiger partial charge in [0.2, 0.25) is 11.9 Å². The van der Waals surface area contributed by atoms with Crippen LogP contribution >= 0.6 is 0 Å². The zero-order valence-corrected chi connectivity index (χ0v) is 17.5. The van der Waals surface area contributed by atoms with Gasteiger partial charge in [-0.3, -0.25) is 4.79 Å². The number of aryl methyl sites for hydroxylation is 1. The second-order valence-electron chi connectivity index (χ2n) is 7.48. The van der Waals surface area contributed by atoms with Gasteiger partial charge in [0.1, 0.15) is 12.4 Å². The summed E-state index contributed by atoms with van der Waals surface area (Å²) in [4.78, 5) is 25.6. The van der Waals surface area contributed by atoms with Gasteiger partial charge in [0.25, 0.3) is 0 Å². The number of nitrogen functional groups attached to an aromatic ring is 2. The highest BCUT2D eigenvalue weighted by atomic mass is 16.2. The second-order valence-corrected chi connectivity index (χ2v) is 7.48. The molecule has 0 saturated carbocycles. The molecule has 11 nitrogen and oxygen atoms in total. The van der Waals surface area contributed by atoms with Crippen molar-refractivity contribution >= 4 is 46.0 Å². The number of rotatable bonds is 6. The molecular formula is C20H24N10O. The Labute approximate surface area is 178 Å². The lowest BCUT2D eigenvalue weighted by atomic mass is 10.3. The maximum Gasteiger partial charge on any atom is 0.245 e. The minimum Gasteiger partial charge on any atom is -0.399 e. The van der Waals surface area contributed by atoms with E-state index >= 15 is 0 Å². The number of benzene rings is 1. The van der Waals surface area contributed by atoms with Gasteiger partial charge in [-0.25, -0.2) is 9.67 Å². The molecule has 4 rings (SSSR count). The molecule has 160 valence electrons. The van der Waals surface area contributed by atoms with Crippen molar-refractivity contribution < 1.29 is 4.79 Å². The van der Waals surface area contributed by atoms with Gasteiger partial charge in [0.15, 0.2) is 17.0 Å². The SMILES string of the molecule is Cc1cc(NC(=O)Cn2cnc3c(Nc4ccc(N)cc4)nc(N)nc32)n(C(C)C)n1. The standard InChI is InChI=1S/C20H24N10O/c1-11(2)30-15(8-12(3)28-30)25-16(31)9-29-10-23-17-18(26-20(22)27-19(17)29)24-14-6-4-13(21)5-7-14/h4-8,10-11H,9,21H2,1-3H3,(H,25,31)(H3,22,24,26,27). The molecule has 0 radical (unpaired) electrons. The highest BCUT2D eigenvalue weighted by Gasteiger charge is 2.16. The van der Waals surface area contributed by atoms with E-state index in [-0.39, 0.29) is 24.4 Å². The molecule has 3 aromatic heterocycles. The third-order valence-electron chi connectivity index (χ3n) is 4.58. The predicted octanol–water partition coefficient (Wildman–Crippen LogP) is 2.46. The summed E-state index contributed by atoms with van der Waals surface area (Å²) in [5, 5.41) is 10.5. The molecule has 4 aromatic rings. The van der Waals surface area contributed by atoms with E-state index in [1.54, 1.807) is 21.4 Å². The number of amides is 1. The Bertz CT molecular complexity index is 1240. The Hall–Kier alpha value is -4.15. The average molecular weight is 420 g/mol. The zero-order valence-electron chi connectivity index (χ0n) is 17.5. The van der Waals surface area contributed by atoms with E-state index in [2.05, 4.69) is 30.7 Å². The van der Waals surface area contributed by atoms with Gasteiger partial charge in [0, 0.05) is 23.5 Å². The Balaban J connectivity index is 1.58. The Morgan fingerprint density at radius 2 is 1.90 bits per heavy atom. The highest BCUT2D eigenvalue weighted by Crippen LogP contribution is 2.24. The van der Waals surface area contributed by atoms with Crippen LogP contribution in [-0.4, -0.2) is 35.2 Å². The average Bonchev–Trinajstić information content (AvgIpc) is 3.27. The van der Waals surface area contributed by atoms with Crippen LogP contribution in [0.2, 0.25) is 0 Å². The molecule has 0 aliphatic carbocycles. The fraction of sp³-hybridized carbons (Fsp3) is 0.250. The Kier molecular flexibility index (Phi) is 5.15. The molecule has 1 aromatic carbocycles. The summed E-state index contributed by atoms with van der Waals surface area (Å²) < 4.78 is 3.40. The van der Waals surface area contributed by atoms with Crippen molar-refractivity contribution in [3.63, 3.8) is 0 Å². The number of aromatic nitrogens is 6. The minimum atomic E-state index is -0.230. The van der Waals surface area contributed by atoms with Gasteiger partial charge in [-0.1, -0.05) is 0 Å². The number of anilines is 5. The first kappa shape index (κ1) is 20.1. The van der Waals surface area contributed by atoms with Crippen LogP contribution in [0.4, 0.5) is 29.0 Å². The number of hydrogen-bond acceptors (Lipinski definition) is 8.